The molecule has 0 fully saturated rings. The van der Waals surface area contributed by atoms with Crippen LogP contribution < -0.4 is 0 Å². The molecule has 1 amide bonds. The minimum absolute atomic E-state index is 0.0436. The number of amides is 1. The van der Waals surface area contributed by atoms with Crippen LogP contribution in [0.1, 0.15) is 28.9 Å². The highest BCUT2D eigenvalue weighted by molar-refractivity contribution is 14.1. The molecule has 1 atom stereocenters. The summed E-state index contributed by atoms with van der Waals surface area (Å²) in [7, 11) is 1.80. The molecule has 0 aromatic heterocycles. The standard InChI is InChI=1S/C18H17ClINO/c1-12(2)17(13-7-5-4-6-8-13)21(3)18(22)15-10-9-14(19)11-16(15)20/h4-11,17H,1H2,2-3H3/t17-/m0/s1. The normalized spacial score (nSPS) is 11.8. The van der Waals surface area contributed by atoms with Crippen molar-refractivity contribution in [2.24, 2.45) is 0 Å². The lowest BCUT2D eigenvalue weighted by Gasteiger charge is -2.29. The number of halogens is 2. The van der Waals surface area contributed by atoms with Crippen LogP contribution in [0.5, 0.6) is 0 Å². The van der Waals surface area contributed by atoms with Gasteiger partial charge in [-0.15, -0.1) is 0 Å². The Bertz CT molecular complexity index is 699. The molecular weight excluding hydrogens is 409 g/mol. The third-order valence-corrected chi connectivity index (χ3v) is 4.58. The fourth-order valence-corrected chi connectivity index (χ4v) is 3.55. The van der Waals surface area contributed by atoms with Gasteiger partial charge in [0.25, 0.3) is 5.91 Å². The van der Waals surface area contributed by atoms with Gasteiger partial charge >= 0.3 is 0 Å². The van der Waals surface area contributed by atoms with Crippen LogP contribution in [0.25, 0.3) is 0 Å². The minimum atomic E-state index is -0.153. The minimum Gasteiger partial charge on any atom is -0.331 e. The predicted octanol–water partition coefficient (Wildman–Crippen LogP) is 5.33. The molecule has 0 bridgehead atoms. The van der Waals surface area contributed by atoms with E-state index in [-0.39, 0.29) is 11.9 Å². The zero-order valence-electron chi connectivity index (χ0n) is 12.5. The van der Waals surface area contributed by atoms with E-state index in [9.17, 15) is 4.79 Å². The quantitative estimate of drug-likeness (QED) is 0.479. The Hall–Kier alpha value is -1.33. The van der Waals surface area contributed by atoms with E-state index in [0.29, 0.717) is 10.6 Å². The van der Waals surface area contributed by atoms with E-state index in [4.69, 9.17) is 11.6 Å². The Morgan fingerprint density at radius 1 is 1.23 bits per heavy atom. The van der Waals surface area contributed by atoms with Crippen LogP contribution in [0.2, 0.25) is 5.02 Å². The summed E-state index contributed by atoms with van der Waals surface area (Å²) in [5, 5.41) is 0.628. The van der Waals surface area contributed by atoms with Crippen molar-refractivity contribution in [2.45, 2.75) is 13.0 Å². The molecule has 0 aliphatic carbocycles. The zero-order valence-corrected chi connectivity index (χ0v) is 15.4. The first-order valence-electron chi connectivity index (χ1n) is 6.84. The largest absolute Gasteiger partial charge is 0.331 e. The van der Waals surface area contributed by atoms with Gasteiger partial charge in [-0.2, -0.15) is 0 Å². The molecule has 0 spiro atoms. The lowest BCUT2D eigenvalue weighted by molar-refractivity contribution is 0.0752. The third-order valence-electron chi connectivity index (χ3n) is 3.45. The topological polar surface area (TPSA) is 20.3 Å². The highest BCUT2D eigenvalue weighted by Gasteiger charge is 2.24. The van der Waals surface area contributed by atoms with Crippen LogP contribution in [0.15, 0.2) is 60.7 Å². The first kappa shape index (κ1) is 17.0. The highest BCUT2D eigenvalue weighted by atomic mass is 127. The maximum absolute atomic E-state index is 12.8. The summed E-state index contributed by atoms with van der Waals surface area (Å²) in [6.07, 6.45) is 0. The van der Waals surface area contributed by atoms with Gasteiger partial charge in [0.05, 0.1) is 11.6 Å². The molecule has 2 aromatic carbocycles. The van der Waals surface area contributed by atoms with Crippen LogP contribution in [0, 0.1) is 3.57 Å². The number of carbonyl (C=O) groups excluding carboxylic acids is 1. The second kappa shape index (κ2) is 7.29. The molecule has 0 saturated carbocycles. The fourth-order valence-electron chi connectivity index (χ4n) is 2.44. The molecule has 4 heteroatoms. The van der Waals surface area contributed by atoms with Gasteiger partial charge in [0.15, 0.2) is 0 Å². The molecule has 0 aliphatic rings. The van der Waals surface area contributed by atoms with Crippen LogP contribution >= 0.6 is 34.2 Å². The van der Waals surface area contributed by atoms with Crippen LogP contribution in [-0.2, 0) is 0 Å². The van der Waals surface area contributed by atoms with E-state index in [0.717, 1.165) is 14.7 Å². The maximum atomic E-state index is 12.8. The van der Waals surface area contributed by atoms with Crippen LogP contribution in [0.4, 0.5) is 0 Å². The number of likely N-dealkylation sites (N-methyl/N-ethyl adjacent to an activating group) is 1. The molecule has 0 N–H and O–H groups in total. The zero-order chi connectivity index (χ0) is 16.3. The van der Waals surface area contributed by atoms with E-state index in [2.05, 4.69) is 29.2 Å². The van der Waals surface area contributed by atoms with Gasteiger partial charge in [-0.1, -0.05) is 54.1 Å². The molecular formula is C18H17ClINO. The average Bonchev–Trinajstić information content (AvgIpc) is 2.47. The molecule has 2 aromatic rings. The van der Waals surface area contributed by atoms with Crippen molar-refractivity contribution in [2.75, 3.05) is 7.05 Å². The number of hydrogen-bond acceptors (Lipinski definition) is 1. The molecule has 2 rings (SSSR count). The fraction of sp³-hybridized carbons (Fsp3) is 0.167. The smallest absolute Gasteiger partial charge is 0.255 e. The average molecular weight is 426 g/mol. The van der Waals surface area contributed by atoms with Gasteiger partial charge in [-0.25, -0.2) is 0 Å². The molecule has 0 unspecified atom stereocenters. The molecule has 0 heterocycles. The predicted molar refractivity (Wildman–Crippen MR) is 100 cm³/mol. The SMILES string of the molecule is C=C(C)[C@@H](c1ccccc1)N(C)C(=O)c1ccc(Cl)cc1I. The summed E-state index contributed by atoms with van der Waals surface area (Å²) in [5.41, 5.74) is 2.62. The molecule has 0 saturated heterocycles. The van der Waals surface area contributed by atoms with Gasteiger partial charge in [0.2, 0.25) is 0 Å². The van der Waals surface area contributed by atoms with Crippen molar-refractivity contribution in [3.05, 3.63) is 80.4 Å². The molecule has 22 heavy (non-hydrogen) atoms. The number of carbonyl (C=O) groups is 1. The van der Waals surface area contributed by atoms with E-state index in [1.807, 2.05) is 37.3 Å². The number of rotatable bonds is 4. The number of benzene rings is 2. The molecule has 0 radical (unpaired) electrons. The van der Waals surface area contributed by atoms with Crippen molar-refractivity contribution < 1.29 is 4.79 Å². The summed E-state index contributed by atoms with van der Waals surface area (Å²) >= 11 is 8.10. The van der Waals surface area contributed by atoms with Crippen molar-refractivity contribution in [3.8, 4) is 0 Å². The summed E-state index contributed by atoms with van der Waals surface area (Å²) in [6, 6.07) is 15.1. The Balaban J connectivity index is 2.37. The van der Waals surface area contributed by atoms with E-state index >= 15 is 0 Å². The number of nitrogens with zero attached hydrogens (tertiary/aromatic N) is 1. The Labute approximate surface area is 149 Å². The van der Waals surface area contributed by atoms with E-state index in [1.54, 1.807) is 30.1 Å². The van der Waals surface area contributed by atoms with E-state index in [1.165, 1.54) is 0 Å². The van der Waals surface area contributed by atoms with Gasteiger partial charge in [0.1, 0.15) is 0 Å². The monoisotopic (exact) mass is 425 g/mol. The first-order chi connectivity index (χ1) is 10.4. The van der Waals surface area contributed by atoms with Crippen molar-refractivity contribution in [3.63, 3.8) is 0 Å². The van der Waals surface area contributed by atoms with Crippen LogP contribution in [-0.4, -0.2) is 17.9 Å². The lowest BCUT2D eigenvalue weighted by Crippen LogP contribution is -2.32. The summed E-state index contributed by atoms with van der Waals surface area (Å²) in [5.74, 6) is -0.0436. The van der Waals surface area contributed by atoms with Gasteiger partial charge in [0, 0.05) is 15.6 Å². The lowest BCUT2D eigenvalue weighted by atomic mass is 9.99. The van der Waals surface area contributed by atoms with Crippen molar-refractivity contribution in [1.29, 1.82) is 0 Å². The second-order valence-electron chi connectivity index (χ2n) is 5.20. The third kappa shape index (κ3) is 3.70. The van der Waals surface area contributed by atoms with Crippen LogP contribution in [0.3, 0.4) is 0 Å². The summed E-state index contributed by atoms with van der Waals surface area (Å²) < 4.78 is 0.843. The Morgan fingerprint density at radius 2 is 1.86 bits per heavy atom. The summed E-state index contributed by atoms with van der Waals surface area (Å²) in [6.45, 7) is 5.99. The summed E-state index contributed by atoms with van der Waals surface area (Å²) in [4.78, 5) is 14.6. The Kier molecular flexibility index (Phi) is 5.64. The van der Waals surface area contributed by atoms with E-state index < -0.39 is 0 Å². The first-order valence-corrected chi connectivity index (χ1v) is 8.30. The maximum Gasteiger partial charge on any atom is 0.255 e. The highest BCUT2D eigenvalue weighted by Crippen LogP contribution is 2.28. The molecule has 2 nitrogen and oxygen atoms in total. The van der Waals surface area contributed by atoms with Gasteiger partial charge < -0.3 is 4.90 Å². The van der Waals surface area contributed by atoms with Gasteiger partial charge in [-0.05, 0) is 53.3 Å². The molecule has 114 valence electrons. The number of hydrogen-bond donors (Lipinski definition) is 0. The molecule has 0 aliphatic heterocycles. The van der Waals surface area contributed by atoms with Gasteiger partial charge in [-0.3, -0.25) is 4.79 Å². The second-order valence-corrected chi connectivity index (χ2v) is 6.80. The Morgan fingerprint density at radius 3 is 2.41 bits per heavy atom. The van der Waals surface area contributed by atoms with Crippen molar-refractivity contribution >= 4 is 40.1 Å². The van der Waals surface area contributed by atoms with Crippen molar-refractivity contribution in [1.82, 2.24) is 4.90 Å².